The first kappa shape index (κ1) is 14.0. The Morgan fingerprint density at radius 1 is 1.05 bits per heavy atom. The largest absolute Gasteiger partial charge is 0.294 e. The van der Waals surface area contributed by atoms with Crippen LogP contribution < -0.4 is 0 Å². The zero-order valence-corrected chi connectivity index (χ0v) is 12.2. The maximum absolute atomic E-state index is 11.6. The lowest BCUT2D eigenvalue weighted by Crippen LogP contribution is -2.06. The summed E-state index contributed by atoms with van der Waals surface area (Å²) in [5, 5.41) is 1.93. The number of hydrogen-bond acceptors (Lipinski definition) is 2. The van der Waals surface area contributed by atoms with Crippen molar-refractivity contribution in [2.45, 2.75) is 38.5 Å². The van der Waals surface area contributed by atoms with Crippen LogP contribution in [0.3, 0.4) is 0 Å². The van der Waals surface area contributed by atoms with Gasteiger partial charge in [0.25, 0.3) is 10.1 Å². The van der Waals surface area contributed by atoms with E-state index in [-0.39, 0.29) is 4.90 Å². The van der Waals surface area contributed by atoms with Gasteiger partial charge in [-0.05, 0) is 47.7 Å². The maximum atomic E-state index is 11.6. The summed E-state index contributed by atoms with van der Waals surface area (Å²) >= 11 is 0. The van der Waals surface area contributed by atoms with Crippen molar-refractivity contribution in [2.75, 3.05) is 0 Å². The second kappa shape index (κ2) is 4.94. The lowest BCUT2D eigenvalue weighted by molar-refractivity contribution is 0.482. The molecule has 0 aliphatic carbocycles. The van der Waals surface area contributed by atoms with Gasteiger partial charge in [-0.25, -0.2) is 0 Å². The summed E-state index contributed by atoms with van der Waals surface area (Å²) in [5.74, 6) is 0. The molecule has 3 nitrogen and oxygen atoms in total. The van der Waals surface area contributed by atoms with Crippen LogP contribution in [-0.4, -0.2) is 13.0 Å². The molecule has 19 heavy (non-hydrogen) atoms. The highest BCUT2D eigenvalue weighted by molar-refractivity contribution is 7.85. The van der Waals surface area contributed by atoms with Gasteiger partial charge in [-0.15, -0.1) is 0 Å². The molecule has 0 atom stereocenters. The Bertz CT molecular complexity index is 731. The normalized spacial score (nSPS) is 12.0. The predicted molar refractivity (Wildman–Crippen MR) is 77.3 cm³/mol. The third kappa shape index (κ3) is 2.51. The molecule has 0 saturated carbocycles. The average molecular weight is 278 g/mol. The molecule has 0 fully saturated rings. The predicted octanol–water partition coefficient (Wildman–Crippen LogP) is 3.52. The fourth-order valence-corrected chi connectivity index (χ4v) is 3.49. The number of fused-ring (bicyclic) bond motifs is 1. The van der Waals surface area contributed by atoms with Crippen LogP contribution >= 0.6 is 0 Å². The molecule has 0 saturated heterocycles. The van der Waals surface area contributed by atoms with Crippen molar-refractivity contribution in [1.29, 1.82) is 0 Å². The summed E-state index contributed by atoms with van der Waals surface area (Å²) < 4.78 is 32.6. The van der Waals surface area contributed by atoms with Gasteiger partial charge in [0.1, 0.15) is 0 Å². The van der Waals surface area contributed by atoms with Crippen LogP contribution in [-0.2, 0) is 23.0 Å². The highest BCUT2D eigenvalue weighted by Gasteiger charge is 2.19. The monoisotopic (exact) mass is 278 g/mol. The summed E-state index contributed by atoms with van der Waals surface area (Å²) in [7, 11) is -4.18. The minimum atomic E-state index is -4.18. The van der Waals surface area contributed by atoms with E-state index in [0.717, 1.165) is 33.9 Å². The van der Waals surface area contributed by atoms with Crippen molar-refractivity contribution in [3.8, 4) is 0 Å². The van der Waals surface area contributed by atoms with Gasteiger partial charge in [0.15, 0.2) is 0 Å². The van der Waals surface area contributed by atoms with Crippen molar-refractivity contribution >= 4 is 20.9 Å². The second-order valence-corrected chi connectivity index (χ2v) is 6.13. The van der Waals surface area contributed by atoms with Gasteiger partial charge in [-0.1, -0.05) is 37.6 Å². The second-order valence-electron chi connectivity index (χ2n) is 4.74. The van der Waals surface area contributed by atoms with E-state index < -0.39 is 10.1 Å². The maximum Gasteiger partial charge on any atom is 0.294 e. The smallest absolute Gasteiger partial charge is 0.282 e. The Kier molecular flexibility index (Phi) is 3.65. The molecule has 0 radical (unpaired) electrons. The van der Waals surface area contributed by atoms with E-state index in [2.05, 4.69) is 0 Å². The highest BCUT2D eigenvalue weighted by atomic mass is 32.2. The van der Waals surface area contributed by atoms with Crippen LogP contribution in [0.2, 0.25) is 0 Å². The molecule has 102 valence electrons. The van der Waals surface area contributed by atoms with Crippen LogP contribution in [0.5, 0.6) is 0 Å². The van der Waals surface area contributed by atoms with E-state index in [0.29, 0.717) is 6.42 Å². The van der Waals surface area contributed by atoms with E-state index in [4.69, 9.17) is 0 Å². The molecule has 0 amide bonds. The van der Waals surface area contributed by atoms with E-state index in [9.17, 15) is 13.0 Å². The average Bonchev–Trinajstić information content (AvgIpc) is 2.34. The first-order chi connectivity index (χ1) is 8.88. The number of rotatable bonds is 3. The third-order valence-electron chi connectivity index (χ3n) is 3.47. The summed E-state index contributed by atoms with van der Waals surface area (Å²) in [6.45, 7) is 5.87. The lowest BCUT2D eigenvalue weighted by atomic mass is 9.94. The molecule has 2 rings (SSSR count). The Labute approximate surface area is 114 Å². The minimum absolute atomic E-state index is 0.0463. The molecule has 0 aliphatic heterocycles. The van der Waals surface area contributed by atoms with E-state index in [1.54, 1.807) is 6.07 Å². The third-order valence-corrected chi connectivity index (χ3v) is 4.39. The van der Waals surface area contributed by atoms with Crippen LogP contribution in [0.25, 0.3) is 10.8 Å². The van der Waals surface area contributed by atoms with Crippen molar-refractivity contribution in [1.82, 2.24) is 0 Å². The van der Waals surface area contributed by atoms with Gasteiger partial charge in [0, 0.05) is 0 Å². The Morgan fingerprint density at radius 3 is 2.21 bits per heavy atom. The van der Waals surface area contributed by atoms with Gasteiger partial charge < -0.3 is 0 Å². The van der Waals surface area contributed by atoms with Crippen LogP contribution in [0.4, 0.5) is 0 Å². The molecule has 1 N–H and O–H groups in total. The van der Waals surface area contributed by atoms with Crippen LogP contribution in [0, 0.1) is 6.92 Å². The topological polar surface area (TPSA) is 54.4 Å². The number of aryl methyl sites for hydroxylation is 2. The molecular weight excluding hydrogens is 260 g/mol. The molecule has 0 heterocycles. The van der Waals surface area contributed by atoms with Gasteiger partial charge >= 0.3 is 0 Å². The first-order valence-corrected chi connectivity index (χ1v) is 7.85. The van der Waals surface area contributed by atoms with Crippen molar-refractivity contribution < 1.29 is 13.0 Å². The fraction of sp³-hybridized carbons (Fsp3) is 0.333. The Balaban J connectivity index is 2.97. The van der Waals surface area contributed by atoms with Crippen LogP contribution in [0.1, 0.15) is 30.5 Å². The van der Waals surface area contributed by atoms with E-state index >= 15 is 0 Å². The molecular formula is C15H18O3S. The highest BCUT2D eigenvalue weighted by Crippen LogP contribution is 2.30. The quantitative estimate of drug-likeness (QED) is 0.874. The summed E-state index contributed by atoms with van der Waals surface area (Å²) in [6, 6.07) is 7.57. The van der Waals surface area contributed by atoms with Gasteiger partial charge in [-0.3, -0.25) is 4.55 Å². The molecule has 0 aliphatic rings. The molecule has 0 spiro atoms. The van der Waals surface area contributed by atoms with Gasteiger partial charge in [0.2, 0.25) is 0 Å². The fourth-order valence-electron chi connectivity index (χ4n) is 2.64. The summed E-state index contributed by atoms with van der Waals surface area (Å²) in [6.07, 6.45) is 1.33. The van der Waals surface area contributed by atoms with Crippen LogP contribution in [0.15, 0.2) is 29.2 Å². The summed E-state index contributed by atoms with van der Waals surface area (Å²) in [5.41, 5.74) is 2.80. The Hall–Kier alpha value is -1.39. The van der Waals surface area contributed by atoms with Gasteiger partial charge in [-0.2, -0.15) is 8.42 Å². The zero-order valence-electron chi connectivity index (χ0n) is 11.4. The molecule has 0 unspecified atom stereocenters. The van der Waals surface area contributed by atoms with Crippen molar-refractivity contribution in [3.05, 3.63) is 41.0 Å². The molecule has 2 aromatic rings. The number of hydrogen-bond donors (Lipinski definition) is 1. The number of benzene rings is 2. The first-order valence-electron chi connectivity index (χ1n) is 6.41. The van der Waals surface area contributed by atoms with E-state index in [1.165, 1.54) is 0 Å². The summed E-state index contributed by atoms with van der Waals surface area (Å²) in [4.78, 5) is 0.0463. The zero-order chi connectivity index (χ0) is 14.2. The standard InChI is InChI=1S/C15H18O3S/c1-4-12-13(5-2)15(19(16,17)18)9-11-8-10(3)6-7-14(11)12/h6-9H,4-5H2,1-3H3,(H,16,17,18). The molecule has 2 aromatic carbocycles. The minimum Gasteiger partial charge on any atom is -0.282 e. The SMILES string of the molecule is CCc1c(S(=O)(=O)O)cc2cc(C)ccc2c1CC. The lowest BCUT2D eigenvalue weighted by Gasteiger charge is -2.14. The molecule has 4 heteroatoms. The van der Waals surface area contributed by atoms with Gasteiger partial charge in [0.05, 0.1) is 4.90 Å². The van der Waals surface area contributed by atoms with Crippen molar-refractivity contribution in [3.63, 3.8) is 0 Å². The molecule has 0 bridgehead atoms. The molecule has 0 aromatic heterocycles. The van der Waals surface area contributed by atoms with Crippen molar-refractivity contribution in [2.24, 2.45) is 0 Å². The van der Waals surface area contributed by atoms with E-state index in [1.807, 2.05) is 39.0 Å². The Morgan fingerprint density at radius 2 is 1.68 bits per heavy atom.